The average molecular weight is 409 g/mol. The van der Waals surface area contributed by atoms with Gasteiger partial charge in [-0.25, -0.2) is 4.79 Å². The Kier molecular flexibility index (Phi) is 5.18. The van der Waals surface area contributed by atoms with Crippen molar-refractivity contribution >= 4 is 34.8 Å². The fraction of sp³-hybridized carbons (Fsp3) is 0.286. The van der Waals surface area contributed by atoms with Gasteiger partial charge in [-0.3, -0.25) is 19.7 Å². The summed E-state index contributed by atoms with van der Waals surface area (Å²) in [5, 5.41) is 13.7. The van der Waals surface area contributed by atoms with Gasteiger partial charge in [0, 0.05) is 36.5 Å². The highest BCUT2D eigenvalue weighted by molar-refractivity contribution is 5.99. The molecule has 4 rings (SSSR count). The number of aryl methyl sites for hydroxylation is 2. The van der Waals surface area contributed by atoms with Gasteiger partial charge in [0.25, 0.3) is 11.6 Å². The van der Waals surface area contributed by atoms with Crippen LogP contribution >= 0.6 is 0 Å². The number of carbonyl (C=O) groups excluding carboxylic acids is 3. The first-order valence-corrected chi connectivity index (χ1v) is 9.60. The van der Waals surface area contributed by atoms with E-state index in [0.717, 1.165) is 11.1 Å². The van der Waals surface area contributed by atoms with Crippen LogP contribution in [0, 0.1) is 10.1 Å². The van der Waals surface area contributed by atoms with Crippen molar-refractivity contribution < 1.29 is 24.0 Å². The number of amides is 2. The number of carbonyl (C=O) groups is 3. The molecule has 0 unspecified atom stereocenters. The molecule has 2 aliphatic rings. The van der Waals surface area contributed by atoms with Gasteiger partial charge in [-0.05, 0) is 54.7 Å². The minimum atomic E-state index is -0.621. The molecule has 2 amide bonds. The molecule has 1 N–H and O–H groups in total. The molecule has 0 saturated heterocycles. The van der Waals surface area contributed by atoms with Crippen LogP contribution in [0.1, 0.15) is 34.3 Å². The standard InChI is InChI=1S/C21H19N3O6/c25-19-8-4-13-10-15(3-6-17(13)22-19)21(27)30-12-20(26)23-9-1-2-14-11-16(24(28)29)5-7-18(14)23/h3,5-7,10-11H,1-2,4,8-9,12H2,(H,22,25). The van der Waals surface area contributed by atoms with E-state index in [1.807, 2.05) is 0 Å². The van der Waals surface area contributed by atoms with E-state index in [2.05, 4.69) is 5.32 Å². The van der Waals surface area contributed by atoms with Crippen molar-refractivity contribution in [2.24, 2.45) is 0 Å². The Morgan fingerprint density at radius 1 is 1.10 bits per heavy atom. The van der Waals surface area contributed by atoms with Crippen LogP contribution in [0.2, 0.25) is 0 Å². The van der Waals surface area contributed by atoms with Crippen molar-refractivity contribution in [2.75, 3.05) is 23.4 Å². The molecule has 9 nitrogen and oxygen atoms in total. The quantitative estimate of drug-likeness (QED) is 0.471. The van der Waals surface area contributed by atoms with Crippen molar-refractivity contribution in [3.05, 3.63) is 63.2 Å². The molecule has 0 fully saturated rings. The third-order valence-corrected chi connectivity index (χ3v) is 5.26. The normalized spacial score (nSPS) is 14.9. The summed E-state index contributed by atoms with van der Waals surface area (Å²) >= 11 is 0. The van der Waals surface area contributed by atoms with Gasteiger partial charge >= 0.3 is 5.97 Å². The number of fused-ring (bicyclic) bond motifs is 2. The Bertz CT molecular complexity index is 1060. The van der Waals surface area contributed by atoms with Crippen molar-refractivity contribution in [1.82, 2.24) is 0 Å². The van der Waals surface area contributed by atoms with Crippen LogP contribution in [0.5, 0.6) is 0 Å². The zero-order valence-electron chi connectivity index (χ0n) is 16.1. The number of non-ortho nitro benzene ring substituents is 1. The van der Waals surface area contributed by atoms with Gasteiger partial charge in [0.15, 0.2) is 6.61 Å². The van der Waals surface area contributed by atoms with Gasteiger partial charge in [-0.1, -0.05) is 0 Å². The summed E-state index contributed by atoms with van der Waals surface area (Å²) in [6.07, 6.45) is 2.21. The van der Waals surface area contributed by atoms with Crippen LogP contribution in [0.15, 0.2) is 36.4 Å². The smallest absolute Gasteiger partial charge is 0.338 e. The van der Waals surface area contributed by atoms with Crippen LogP contribution in [-0.4, -0.2) is 35.9 Å². The van der Waals surface area contributed by atoms with Crippen LogP contribution < -0.4 is 10.2 Å². The fourth-order valence-corrected chi connectivity index (χ4v) is 3.76. The number of nitro benzene ring substituents is 1. The summed E-state index contributed by atoms with van der Waals surface area (Å²) in [7, 11) is 0. The number of nitrogens with one attached hydrogen (secondary N) is 1. The summed E-state index contributed by atoms with van der Waals surface area (Å²) in [5.74, 6) is -1.07. The van der Waals surface area contributed by atoms with Crippen LogP contribution in [0.3, 0.4) is 0 Å². The monoisotopic (exact) mass is 409 g/mol. The molecule has 154 valence electrons. The molecular formula is C21H19N3O6. The van der Waals surface area contributed by atoms with Gasteiger partial charge in [0.05, 0.1) is 10.5 Å². The van der Waals surface area contributed by atoms with Crippen molar-refractivity contribution in [3.63, 3.8) is 0 Å². The summed E-state index contributed by atoms with van der Waals surface area (Å²) in [6.45, 7) is 0.0306. The minimum Gasteiger partial charge on any atom is -0.452 e. The third-order valence-electron chi connectivity index (χ3n) is 5.26. The third kappa shape index (κ3) is 3.86. The van der Waals surface area contributed by atoms with Gasteiger partial charge < -0.3 is 15.0 Å². The number of anilines is 2. The molecule has 2 aliphatic heterocycles. The number of benzene rings is 2. The number of nitro groups is 1. The first-order valence-electron chi connectivity index (χ1n) is 9.60. The second-order valence-corrected chi connectivity index (χ2v) is 7.22. The maximum atomic E-state index is 12.7. The van der Waals surface area contributed by atoms with Gasteiger partial charge in [-0.2, -0.15) is 0 Å². The molecule has 2 aromatic carbocycles. The van der Waals surface area contributed by atoms with Gasteiger partial charge in [0.2, 0.25) is 5.91 Å². The Morgan fingerprint density at radius 3 is 2.73 bits per heavy atom. The molecule has 0 saturated carbocycles. The summed E-state index contributed by atoms with van der Waals surface area (Å²) in [5.41, 5.74) is 3.16. The molecule has 0 aromatic heterocycles. The minimum absolute atomic E-state index is 0.0157. The van der Waals surface area contributed by atoms with Crippen LogP contribution in [0.25, 0.3) is 0 Å². The molecule has 0 bridgehead atoms. The Hall–Kier alpha value is -3.75. The lowest BCUT2D eigenvalue weighted by molar-refractivity contribution is -0.384. The number of esters is 1. The largest absolute Gasteiger partial charge is 0.452 e. The van der Waals surface area contributed by atoms with E-state index in [-0.39, 0.29) is 17.5 Å². The van der Waals surface area contributed by atoms with E-state index in [4.69, 9.17) is 4.74 Å². The van der Waals surface area contributed by atoms with Crippen molar-refractivity contribution in [3.8, 4) is 0 Å². The topological polar surface area (TPSA) is 119 Å². The van der Waals surface area contributed by atoms with Gasteiger partial charge in [0.1, 0.15) is 0 Å². The average Bonchev–Trinajstić information content (AvgIpc) is 2.75. The van der Waals surface area contributed by atoms with Gasteiger partial charge in [-0.15, -0.1) is 0 Å². The van der Waals surface area contributed by atoms with E-state index < -0.39 is 17.5 Å². The lowest BCUT2D eigenvalue weighted by Gasteiger charge is -2.29. The van der Waals surface area contributed by atoms with E-state index in [1.165, 1.54) is 17.0 Å². The predicted molar refractivity (Wildman–Crippen MR) is 107 cm³/mol. The first kappa shape index (κ1) is 19.6. The van der Waals surface area contributed by atoms with E-state index >= 15 is 0 Å². The predicted octanol–water partition coefficient (Wildman–Crippen LogP) is 2.62. The zero-order chi connectivity index (χ0) is 21.3. The first-order chi connectivity index (χ1) is 14.4. The Balaban J connectivity index is 1.42. The lowest BCUT2D eigenvalue weighted by atomic mass is 10.0. The number of ether oxygens (including phenoxy) is 1. The highest BCUT2D eigenvalue weighted by Crippen LogP contribution is 2.30. The van der Waals surface area contributed by atoms with E-state index in [1.54, 1.807) is 24.3 Å². The number of rotatable bonds is 4. The van der Waals surface area contributed by atoms with Crippen LogP contribution in [0.4, 0.5) is 17.1 Å². The molecule has 0 radical (unpaired) electrons. The number of hydrogen-bond donors (Lipinski definition) is 1. The molecule has 30 heavy (non-hydrogen) atoms. The molecule has 0 aliphatic carbocycles. The molecule has 0 spiro atoms. The maximum absolute atomic E-state index is 12.7. The molecule has 9 heteroatoms. The van der Waals surface area contributed by atoms with Crippen molar-refractivity contribution in [1.29, 1.82) is 0 Å². The fourth-order valence-electron chi connectivity index (χ4n) is 3.76. The second-order valence-electron chi connectivity index (χ2n) is 7.22. The molecule has 0 atom stereocenters. The van der Waals surface area contributed by atoms with E-state index in [9.17, 15) is 24.5 Å². The Morgan fingerprint density at radius 2 is 1.93 bits per heavy atom. The SMILES string of the molecule is O=C1CCc2cc(C(=O)OCC(=O)N3CCCc4cc([N+](=O)[O-])ccc43)ccc2N1. The van der Waals surface area contributed by atoms with Crippen molar-refractivity contribution in [2.45, 2.75) is 25.7 Å². The second kappa shape index (κ2) is 7.94. The maximum Gasteiger partial charge on any atom is 0.338 e. The lowest BCUT2D eigenvalue weighted by Crippen LogP contribution is -2.38. The van der Waals surface area contributed by atoms with E-state index in [0.29, 0.717) is 49.2 Å². The summed E-state index contributed by atoms with van der Waals surface area (Å²) in [6, 6.07) is 9.27. The highest BCUT2D eigenvalue weighted by atomic mass is 16.6. The summed E-state index contributed by atoms with van der Waals surface area (Å²) < 4.78 is 5.21. The molecular weight excluding hydrogens is 390 g/mol. The molecule has 2 heterocycles. The van der Waals surface area contributed by atoms with Crippen LogP contribution in [-0.2, 0) is 27.2 Å². The summed E-state index contributed by atoms with van der Waals surface area (Å²) in [4.78, 5) is 48.5. The Labute approximate surface area is 171 Å². The number of nitrogens with zero attached hydrogens (tertiary/aromatic N) is 2. The zero-order valence-corrected chi connectivity index (χ0v) is 16.1. The number of hydrogen-bond acceptors (Lipinski definition) is 6. The molecule has 2 aromatic rings. The highest BCUT2D eigenvalue weighted by Gasteiger charge is 2.25.